The topological polar surface area (TPSA) is 38.3 Å². The molecule has 1 atom stereocenters. The second-order valence-corrected chi connectivity index (χ2v) is 6.57. The number of halogens is 1. The number of ether oxygens (including phenoxy) is 1. The van der Waals surface area contributed by atoms with E-state index in [1.165, 1.54) is 0 Å². The van der Waals surface area contributed by atoms with Gasteiger partial charge in [-0.15, -0.1) is 0 Å². The molecule has 4 rings (SSSR count). The van der Waals surface area contributed by atoms with E-state index >= 15 is 0 Å². The van der Waals surface area contributed by atoms with E-state index in [2.05, 4.69) is 5.32 Å². The van der Waals surface area contributed by atoms with Crippen molar-refractivity contribution in [3.63, 3.8) is 0 Å². The lowest BCUT2D eigenvalue weighted by Crippen LogP contribution is -2.25. The summed E-state index contributed by atoms with van der Waals surface area (Å²) >= 11 is 6.11. The third-order valence-electron chi connectivity index (χ3n) is 4.33. The highest BCUT2D eigenvalue weighted by Crippen LogP contribution is 2.38. The van der Waals surface area contributed by atoms with Crippen LogP contribution in [0, 0.1) is 6.92 Å². The van der Waals surface area contributed by atoms with Gasteiger partial charge in [-0.25, -0.2) is 4.79 Å². The number of anilines is 1. The molecule has 1 aliphatic heterocycles. The second kappa shape index (κ2) is 6.26. The first kappa shape index (κ1) is 15.7. The summed E-state index contributed by atoms with van der Waals surface area (Å²) in [6.45, 7) is 2.03. The van der Waals surface area contributed by atoms with E-state index in [0.29, 0.717) is 5.02 Å². The number of nitrogens with one attached hydrogen (secondary N) is 1. The highest BCUT2D eigenvalue weighted by atomic mass is 35.5. The van der Waals surface area contributed by atoms with Crippen molar-refractivity contribution in [2.75, 3.05) is 5.32 Å². The Balaban J connectivity index is 1.81. The zero-order valence-corrected chi connectivity index (χ0v) is 14.4. The fourth-order valence-electron chi connectivity index (χ4n) is 3.04. The van der Waals surface area contributed by atoms with Gasteiger partial charge in [0.05, 0.1) is 5.69 Å². The predicted octanol–water partition coefficient (Wildman–Crippen LogP) is 5.97. The lowest BCUT2D eigenvalue weighted by atomic mass is 9.94. The van der Waals surface area contributed by atoms with Gasteiger partial charge in [0.25, 0.3) is 0 Å². The van der Waals surface area contributed by atoms with Crippen molar-refractivity contribution in [2.45, 2.75) is 13.0 Å². The molecule has 0 saturated heterocycles. The lowest BCUT2D eigenvalue weighted by molar-refractivity contribution is 0.126. The summed E-state index contributed by atoms with van der Waals surface area (Å²) in [5.41, 5.74) is 5.86. The Bertz CT molecular complexity index is 950. The molecule has 25 heavy (non-hydrogen) atoms. The molecule has 3 nitrogen and oxygen atoms in total. The molecule has 0 fully saturated rings. The zero-order valence-electron chi connectivity index (χ0n) is 13.6. The van der Waals surface area contributed by atoms with Gasteiger partial charge in [-0.2, -0.15) is 0 Å². The molecule has 124 valence electrons. The van der Waals surface area contributed by atoms with Gasteiger partial charge < -0.3 is 4.74 Å². The maximum absolute atomic E-state index is 11.9. The summed E-state index contributed by atoms with van der Waals surface area (Å²) in [5, 5.41) is 3.46. The third-order valence-corrected chi connectivity index (χ3v) is 4.57. The summed E-state index contributed by atoms with van der Waals surface area (Å²) < 4.78 is 5.58. The van der Waals surface area contributed by atoms with Gasteiger partial charge in [0.1, 0.15) is 0 Å². The summed E-state index contributed by atoms with van der Waals surface area (Å²) in [5.74, 6) is 0. The average Bonchev–Trinajstić information content (AvgIpc) is 2.61. The molecule has 3 aromatic carbocycles. The monoisotopic (exact) mass is 349 g/mol. The molecular weight excluding hydrogens is 334 g/mol. The lowest BCUT2D eigenvalue weighted by Gasteiger charge is -2.27. The Morgan fingerprint density at radius 1 is 0.960 bits per heavy atom. The van der Waals surface area contributed by atoms with Gasteiger partial charge in [-0.05, 0) is 47.9 Å². The molecule has 1 heterocycles. The number of aryl methyl sites for hydroxylation is 1. The number of carbonyl (C=O) groups excluding carboxylic acids is 1. The van der Waals surface area contributed by atoms with Crippen LogP contribution in [-0.4, -0.2) is 6.09 Å². The number of benzene rings is 3. The fourth-order valence-corrected chi connectivity index (χ4v) is 3.23. The summed E-state index contributed by atoms with van der Waals surface area (Å²) in [7, 11) is 0. The molecule has 1 amide bonds. The smallest absolute Gasteiger partial charge is 0.412 e. The number of hydrogen-bond acceptors (Lipinski definition) is 2. The van der Waals surface area contributed by atoms with Gasteiger partial charge in [-0.1, -0.05) is 59.6 Å². The standard InChI is InChI=1S/C21H16ClNO2/c1-13-5-7-14(8-6-13)20-18-12-16(15-3-2-4-17(22)11-15)9-10-19(18)23-21(24)25-20/h2-12,20H,1H3,(H,23,24). The van der Waals surface area contributed by atoms with Crippen molar-refractivity contribution in [3.05, 3.63) is 88.4 Å². The number of fused-ring (bicyclic) bond motifs is 1. The van der Waals surface area contributed by atoms with E-state index < -0.39 is 12.2 Å². The SMILES string of the molecule is Cc1ccc(C2OC(=O)Nc3ccc(-c4cccc(Cl)c4)cc32)cc1. The third kappa shape index (κ3) is 3.11. The van der Waals surface area contributed by atoms with Crippen LogP contribution in [0.5, 0.6) is 0 Å². The van der Waals surface area contributed by atoms with Gasteiger partial charge in [-0.3, -0.25) is 5.32 Å². The Morgan fingerprint density at radius 2 is 1.72 bits per heavy atom. The van der Waals surface area contributed by atoms with Gasteiger partial charge in [0, 0.05) is 10.6 Å². The maximum atomic E-state index is 11.9. The van der Waals surface area contributed by atoms with Crippen LogP contribution in [0.15, 0.2) is 66.7 Å². The number of cyclic esters (lactones) is 1. The molecule has 1 aliphatic rings. The van der Waals surface area contributed by atoms with E-state index in [0.717, 1.165) is 33.5 Å². The van der Waals surface area contributed by atoms with Crippen molar-refractivity contribution < 1.29 is 9.53 Å². The first-order valence-corrected chi connectivity index (χ1v) is 8.42. The molecule has 4 heteroatoms. The number of rotatable bonds is 2. The van der Waals surface area contributed by atoms with Crippen LogP contribution in [0.3, 0.4) is 0 Å². The molecule has 0 radical (unpaired) electrons. The van der Waals surface area contributed by atoms with E-state index in [-0.39, 0.29) is 0 Å². The van der Waals surface area contributed by atoms with Crippen molar-refractivity contribution in [2.24, 2.45) is 0 Å². The van der Waals surface area contributed by atoms with Gasteiger partial charge in [0.2, 0.25) is 0 Å². The van der Waals surface area contributed by atoms with Crippen LogP contribution in [-0.2, 0) is 4.74 Å². The summed E-state index contributed by atoms with van der Waals surface area (Å²) in [4.78, 5) is 11.9. The van der Waals surface area contributed by atoms with Crippen LogP contribution in [0.1, 0.15) is 22.8 Å². The predicted molar refractivity (Wildman–Crippen MR) is 100 cm³/mol. The maximum Gasteiger partial charge on any atom is 0.412 e. The van der Waals surface area contributed by atoms with Crippen LogP contribution in [0.2, 0.25) is 5.02 Å². The minimum absolute atomic E-state index is 0.427. The highest BCUT2D eigenvalue weighted by molar-refractivity contribution is 6.30. The Labute approximate surface area is 151 Å². The minimum Gasteiger partial charge on any atom is -0.436 e. The highest BCUT2D eigenvalue weighted by Gasteiger charge is 2.28. The minimum atomic E-state index is -0.436. The summed E-state index contributed by atoms with van der Waals surface area (Å²) in [6.07, 6.45) is -0.864. The van der Waals surface area contributed by atoms with Crippen LogP contribution in [0.25, 0.3) is 11.1 Å². The first-order chi connectivity index (χ1) is 12.1. The van der Waals surface area contributed by atoms with E-state index in [4.69, 9.17) is 16.3 Å². The molecule has 0 spiro atoms. The van der Waals surface area contributed by atoms with Crippen LogP contribution >= 0.6 is 11.6 Å². The molecule has 0 aromatic heterocycles. The van der Waals surface area contributed by atoms with Crippen molar-refractivity contribution in [1.29, 1.82) is 0 Å². The average molecular weight is 350 g/mol. The summed E-state index contributed by atoms with van der Waals surface area (Å²) in [6, 6.07) is 21.7. The molecule has 3 aromatic rings. The Morgan fingerprint density at radius 3 is 2.48 bits per heavy atom. The Kier molecular flexibility index (Phi) is 3.94. The number of hydrogen-bond donors (Lipinski definition) is 1. The number of carbonyl (C=O) groups is 1. The van der Waals surface area contributed by atoms with Gasteiger partial charge in [0.15, 0.2) is 6.10 Å². The molecule has 1 N–H and O–H groups in total. The molecule has 0 aliphatic carbocycles. The zero-order chi connectivity index (χ0) is 17.4. The van der Waals surface area contributed by atoms with Crippen molar-refractivity contribution in [3.8, 4) is 11.1 Å². The number of amides is 1. The fraction of sp³-hybridized carbons (Fsp3) is 0.0952. The van der Waals surface area contributed by atoms with E-state index in [1.54, 1.807) is 0 Å². The van der Waals surface area contributed by atoms with E-state index in [1.807, 2.05) is 73.7 Å². The van der Waals surface area contributed by atoms with Crippen LogP contribution < -0.4 is 5.32 Å². The Hall–Kier alpha value is -2.78. The van der Waals surface area contributed by atoms with Gasteiger partial charge >= 0.3 is 6.09 Å². The molecule has 1 unspecified atom stereocenters. The molecular formula is C21H16ClNO2. The second-order valence-electron chi connectivity index (χ2n) is 6.13. The normalized spacial score (nSPS) is 15.9. The quantitative estimate of drug-likeness (QED) is 0.619. The first-order valence-electron chi connectivity index (χ1n) is 8.04. The van der Waals surface area contributed by atoms with Crippen LogP contribution in [0.4, 0.5) is 10.5 Å². The molecule has 0 bridgehead atoms. The van der Waals surface area contributed by atoms with Crippen molar-refractivity contribution >= 4 is 23.4 Å². The largest absolute Gasteiger partial charge is 0.436 e. The van der Waals surface area contributed by atoms with Crippen molar-refractivity contribution in [1.82, 2.24) is 0 Å². The molecule has 0 saturated carbocycles. The van der Waals surface area contributed by atoms with E-state index in [9.17, 15) is 4.79 Å².